The number of hydrogen-bond donors (Lipinski definition) is 2. The first-order chi connectivity index (χ1) is 10.6. The molecule has 2 rings (SSSR count). The lowest BCUT2D eigenvalue weighted by molar-refractivity contribution is -0.115. The number of amides is 2. The lowest BCUT2D eigenvalue weighted by atomic mass is 10.1. The van der Waals surface area contributed by atoms with Gasteiger partial charge in [0.05, 0.1) is 18.7 Å². The number of anilines is 1. The molecule has 0 fully saturated rings. The van der Waals surface area contributed by atoms with Gasteiger partial charge in [0.15, 0.2) is 5.69 Å². The molecule has 114 valence electrons. The van der Waals surface area contributed by atoms with Crippen LogP contribution in [0.1, 0.15) is 21.6 Å². The molecule has 0 aliphatic rings. The summed E-state index contributed by atoms with van der Waals surface area (Å²) >= 11 is 0. The zero-order valence-corrected chi connectivity index (χ0v) is 12.2. The third-order valence-corrected chi connectivity index (χ3v) is 2.98. The van der Waals surface area contributed by atoms with Crippen LogP contribution in [0.25, 0.3) is 0 Å². The highest BCUT2D eigenvalue weighted by molar-refractivity contribution is 6.01. The molecule has 0 saturated carbocycles. The van der Waals surface area contributed by atoms with Crippen molar-refractivity contribution in [1.29, 1.82) is 0 Å². The fourth-order valence-electron chi connectivity index (χ4n) is 2.08. The molecule has 0 bridgehead atoms. The summed E-state index contributed by atoms with van der Waals surface area (Å²) < 4.78 is 5.07. The molecule has 0 unspecified atom stereocenters. The molecule has 1 aromatic carbocycles. The normalized spacial score (nSPS) is 10.2. The predicted molar refractivity (Wildman–Crippen MR) is 82.2 cm³/mol. The summed E-state index contributed by atoms with van der Waals surface area (Å²) in [5.74, 6) is -0.928. The molecular formula is C16H17N3O3. The van der Waals surface area contributed by atoms with Gasteiger partial charge in [-0.1, -0.05) is 24.3 Å². The van der Waals surface area contributed by atoms with Gasteiger partial charge in [0.25, 0.3) is 5.91 Å². The summed E-state index contributed by atoms with van der Waals surface area (Å²) in [7, 11) is 1.62. The lowest BCUT2D eigenvalue weighted by Gasteiger charge is -2.08. The Labute approximate surface area is 128 Å². The van der Waals surface area contributed by atoms with E-state index in [1.165, 1.54) is 6.20 Å². The van der Waals surface area contributed by atoms with E-state index in [1.54, 1.807) is 19.2 Å². The average Bonchev–Trinajstić information content (AvgIpc) is 2.48. The standard InChI is InChI=1S/C16H17N3O3/c1-22-10-12-5-2-4-11(8-12)9-14(20)19-13-6-3-7-18-15(13)16(17)21/h2-8H,9-10H2,1H3,(H2,17,21)(H,19,20). The van der Waals surface area contributed by atoms with Crippen LogP contribution in [0.2, 0.25) is 0 Å². The average molecular weight is 299 g/mol. The Hall–Kier alpha value is -2.73. The fraction of sp³-hybridized carbons (Fsp3) is 0.188. The molecule has 2 amide bonds. The summed E-state index contributed by atoms with van der Waals surface area (Å²) in [6.07, 6.45) is 1.63. The molecule has 0 atom stereocenters. The molecule has 1 aromatic heterocycles. The van der Waals surface area contributed by atoms with Gasteiger partial charge in [-0.15, -0.1) is 0 Å². The molecule has 2 aromatic rings. The summed E-state index contributed by atoms with van der Waals surface area (Å²) in [6.45, 7) is 0.490. The van der Waals surface area contributed by atoms with E-state index in [4.69, 9.17) is 10.5 Å². The van der Waals surface area contributed by atoms with Crippen LogP contribution in [0.15, 0.2) is 42.6 Å². The zero-order chi connectivity index (χ0) is 15.9. The number of methoxy groups -OCH3 is 1. The van der Waals surface area contributed by atoms with Crippen molar-refractivity contribution < 1.29 is 14.3 Å². The van der Waals surface area contributed by atoms with Crippen molar-refractivity contribution in [2.24, 2.45) is 5.73 Å². The van der Waals surface area contributed by atoms with Crippen molar-refractivity contribution in [3.8, 4) is 0 Å². The number of pyridine rings is 1. The van der Waals surface area contributed by atoms with Crippen LogP contribution >= 0.6 is 0 Å². The number of nitrogens with one attached hydrogen (secondary N) is 1. The molecule has 22 heavy (non-hydrogen) atoms. The highest BCUT2D eigenvalue weighted by Crippen LogP contribution is 2.13. The van der Waals surface area contributed by atoms with E-state index >= 15 is 0 Å². The fourth-order valence-corrected chi connectivity index (χ4v) is 2.08. The van der Waals surface area contributed by atoms with Crippen molar-refractivity contribution in [3.05, 3.63) is 59.4 Å². The SMILES string of the molecule is COCc1cccc(CC(=O)Nc2cccnc2C(N)=O)c1. The smallest absolute Gasteiger partial charge is 0.269 e. The number of ether oxygens (including phenoxy) is 1. The van der Waals surface area contributed by atoms with E-state index in [0.29, 0.717) is 12.3 Å². The number of nitrogens with two attached hydrogens (primary N) is 1. The van der Waals surface area contributed by atoms with Crippen LogP contribution in [-0.4, -0.2) is 23.9 Å². The van der Waals surface area contributed by atoms with Gasteiger partial charge in [-0.05, 0) is 23.3 Å². The summed E-state index contributed by atoms with van der Waals surface area (Å²) in [4.78, 5) is 27.2. The molecule has 6 heteroatoms. The maximum absolute atomic E-state index is 12.1. The summed E-state index contributed by atoms with van der Waals surface area (Å²) in [5, 5.41) is 2.66. The van der Waals surface area contributed by atoms with Gasteiger partial charge in [0, 0.05) is 13.3 Å². The minimum absolute atomic E-state index is 0.0454. The highest BCUT2D eigenvalue weighted by atomic mass is 16.5. The number of benzene rings is 1. The van der Waals surface area contributed by atoms with Gasteiger partial charge in [0.2, 0.25) is 5.91 Å². The van der Waals surface area contributed by atoms with Crippen molar-refractivity contribution in [3.63, 3.8) is 0 Å². The van der Waals surface area contributed by atoms with E-state index in [-0.39, 0.29) is 18.0 Å². The second kappa shape index (κ2) is 7.33. The molecule has 6 nitrogen and oxygen atoms in total. The Morgan fingerprint density at radius 3 is 2.73 bits per heavy atom. The van der Waals surface area contributed by atoms with Crippen LogP contribution < -0.4 is 11.1 Å². The quantitative estimate of drug-likeness (QED) is 0.845. The van der Waals surface area contributed by atoms with E-state index in [9.17, 15) is 9.59 Å². The summed E-state index contributed by atoms with van der Waals surface area (Å²) in [6, 6.07) is 10.8. The second-order valence-corrected chi connectivity index (χ2v) is 4.74. The van der Waals surface area contributed by atoms with Crippen molar-refractivity contribution in [2.45, 2.75) is 13.0 Å². The number of hydrogen-bond acceptors (Lipinski definition) is 4. The number of rotatable bonds is 6. The Morgan fingerprint density at radius 1 is 1.23 bits per heavy atom. The van der Waals surface area contributed by atoms with Gasteiger partial charge in [-0.25, -0.2) is 4.98 Å². The Balaban J connectivity index is 2.07. The van der Waals surface area contributed by atoms with Gasteiger partial charge in [-0.3, -0.25) is 9.59 Å². The van der Waals surface area contributed by atoms with Crippen molar-refractivity contribution in [2.75, 3.05) is 12.4 Å². The number of nitrogens with zero attached hydrogens (tertiary/aromatic N) is 1. The number of carbonyl (C=O) groups is 2. The second-order valence-electron chi connectivity index (χ2n) is 4.74. The molecule has 3 N–H and O–H groups in total. The minimum Gasteiger partial charge on any atom is -0.380 e. The largest absolute Gasteiger partial charge is 0.380 e. The topological polar surface area (TPSA) is 94.3 Å². The van der Waals surface area contributed by atoms with Crippen LogP contribution in [0, 0.1) is 0 Å². The Morgan fingerprint density at radius 2 is 2.00 bits per heavy atom. The van der Waals surface area contributed by atoms with Crippen LogP contribution in [-0.2, 0) is 22.6 Å². The minimum atomic E-state index is -0.682. The predicted octanol–water partition coefficient (Wildman–Crippen LogP) is 1.51. The van der Waals surface area contributed by atoms with Gasteiger partial charge >= 0.3 is 0 Å². The maximum atomic E-state index is 12.1. The maximum Gasteiger partial charge on any atom is 0.269 e. The number of primary amides is 1. The first kappa shape index (κ1) is 15.7. The first-order valence-electron chi connectivity index (χ1n) is 6.71. The van der Waals surface area contributed by atoms with Crippen molar-refractivity contribution >= 4 is 17.5 Å². The molecular weight excluding hydrogens is 282 g/mol. The molecule has 0 aliphatic carbocycles. The third-order valence-electron chi connectivity index (χ3n) is 2.98. The monoisotopic (exact) mass is 299 g/mol. The summed E-state index contributed by atoms with van der Waals surface area (Å²) in [5.41, 5.74) is 7.44. The van der Waals surface area contributed by atoms with E-state index in [2.05, 4.69) is 10.3 Å². The van der Waals surface area contributed by atoms with Crippen LogP contribution in [0.3, 0.4) is 0 Å². The van der Waals surface area contributed by atoms with E-state index < -0.39 is 5.91 Å². The third kappa shape index (κ3) is 4.13. The van der Waals surface area contributed by atoms with Crippen LogP contribution in [0.5, 0.6) is 0 Å². The molecule has 0 spiro atoms. The van der Waals surface area contributed by atoms with Gasteiger partial charge < -0.3 is 15.8 Å². The van der Waals surface area contributed by atoms with Gasteiger partial charge in [0.1, 0.15) is 0 Å². The van der Waals surface area contributed by atoms with E-state index in [0.717, 1.165) is 11.1 Å². The van der Waals surface area contributed by atoms with E-state index in [1.807, 2.05) is 24.3 Å². The number of carbonyl (C=O) groups excluding carboxylic acids is 2. The molecule has 0 radical (unpaired) electrons. The number of aromatic nitrogens is 1. The molecule has 0 aliphatic heterocycles. The lowest BCUT2D eigenvalue weighted by Crippen LogP contribution is -2.20. The zero-order valence-electron chi connectivity index (χ0n) is 12.2. The van der Waals surface area contributed by atoms with Gasteiger partial charge in [-0.2, -0.15) is 0 Å². The highest BCUT2D eigenvalue weighted by Gasteiger charge is 2.12. The molecule has 1 heterocycles. The Kier molecular flexibility index (Phi) is 5.21. The first-order valence-corrected chi connectivity index (χ1v) is 6.71. The Bertz CT molecular complexity index is 686. The molecule has 0 saturated heterocycles. The van der Waals surface area contributed by atoms with Crippen molar-refractivity contribution in [1.82, 2.24) is 4.98 Å². The van der Waals surface area contributed by atoms with Crippen LogP contribution in [0.4, 0.5) is 5.69 Å².